The predicted octanol–water partition coefficient (Wildman–Crippen LogP) is 3.22. The summed E-state index contributed by atoms with van der Waals surface area (Å²) in [5.74, 6) is 0.0185. The van der Waals surface area contributed by atoms with E-state index in [2.05, 4.69) is 20.8 Å². The number of carbonyl (C=O) groups excluding carboxylic acids is 1. The number of carbonyl (C=O) groups is 1. The Kier molecular flexibility index (Phi) is 3.46. The Bertz CT molecular complexity index is 803. The zero-order chi connectivity index (χ0) is 15.1. The van der Waals surface area contributed by atoms with Crippen molar-refractivity contribution in [1.82, 2.24) is 19.9 Å². The van der Waals surface area contributed by atoms with Gasteiger partial charge in [0.05, 0.1) is 22.8 Å². The standard InChI is InChI=1S/C15H16N4OS2/c1-9(12-6-19-15(18-12)22-8-16-19)17-14(20)13-11-5-3-2-4-10(11)7-21-13/h6-9H,2-5H2,1H3,(H,17,20). The molecule has 114 valence electrons. The van der Waals surface area contributed by atoms with Crippen LogP contribution in [0.25, 0.3) is 4.96 Å². The Hall–Kier alpha value is -1.73. The molecule has 0 fully saturated rings. The number of nitrogens with zero attached hydrogens (tertiary/aromatic N) is 3. The molecule has 22 heavy (non-hydrogen) atoms. The number of hydrogen-bond acceptors (Lipinski definition) is 5. The molecule has 1 aliphatic rings. The number of amides is 1. The van der Waals surface area contributed by atoms with Crippen molar-refractivity contribution in [2.75, 3.05) is 0 Å². The molecule has 0 bridgehead atoms. The molecule has 1 unspecified atom stereocenters. The zero-order valence-electron chi connectivity index (χ0n) is 12.2. The fourth-order valence-electron chi connectivity index (χ4n) is 2.91. The minimum Gasteiger partial charge on any atom is -0.343 e. The Balaban J connectivity index is 1.53. The SMILES string of the molecule is CC(NC(=O)c1scc2c1CCCC2)c1cn2ncsc2n1. The molecular formula is C15H16N4OS2. The van der Waals surface area contributed by atoms with E-state index in [1.807, 2.05) is 13.1 Å². The molecule has 3 aromatic rings. The fraction of sp³-hybridized carbons (Fsp3) is 0.400. The minimum atomic E-state index is -0.122. The lowest BCUT2D eigenvalue weighted by atomic mass is 9.94. The maximum absolute atomic E-state index is 12.6. The van der Waals surface area contributed by atoms with E-state index in [-0.39, 0.29) is 11.9 Å². The highest BCUT2D eigenvalue weighted by atomic mass is 32.1. The van der Waals surface area contributed by atoms with Crippen LogP contribution in [-0.2, 0) is 12.8 Å². The van der Waals surface area contributed by atoms with E-state index in [1.165, 1.54) is 35.3 Å². The lowest BCUT2D eigenvalue weighted by molar-refractivity contribution is 0.0942. The number of imidazole rings is 1. The number of hydrogen-bond donors (Lipinski definition) is 1. The third-order valence-corrected chi connectivity index (χ3v) is 5.86. The first-order valence-corrected chi connectivity index (χ1v) is 9.17. The van der Waals surface area contributed by atoms with E-state index in [1.54, 1.807) is 21.4 Å². The fourth-order valence-corrected chi connectivity index (χ4v) is 4.58. The number of rotatable bonds is 3. The molecule has 0 aliphatic heterocycles. The second-order valence-electron chi connectivity index (χ2n) is 5.60. The highest BCUT2D eigenvalue weighted by Gasteiger charge is 2.22. The first kappa shape index (κ1) is 13.9. The normalized spacial score (nSPS) is 15.7. The monoisotopic (exact) mass is 332 g/mol. The van der Waals surface area contributed by atoms with E-state index in [0.717, 1.165) is 28.4 Å². The number of aryl methyl sites for hydroxylation is 1. The van der Waals surface area contributed by atoms with Gasteiger partial charge in [-0.05, 0) is 49.1 Å². The van der Waals surface area contributed by atoms with Gasteiger partial charge in [-0.1, -0.05) is 11.3 Å². The molecule has 3 heterocycles. The van der Waals surface area contributed by atoms with Crippen molar-refractivity contribution in [2.24, 2.45) is 0 Å². The van der Waals surface area contributed by atoms with Crippen LogP contribution in [0.1, 0.15) is 52.3 Å². The van der Waals surface area contributed by atoms with Crippen LogP contribution in [0.4, 0.5) is 0 Å². The molecule has 4 rings (SSSR count). The first-order chi connectivity index (χ1) is 10.7. The lowest BCUT2D eigenvalue weighted by Crippen LogP contribution is -2.27. The summed E-state index contributed by atoms with van der Waals surface area (Å²) in [6.07, 6.45) is 6.43. The van der Waals surface area contributed by atoms with Gasteiger partial charge in [0.25, 0.3) is 5.91 Å². The van der Waals surface area contributed by atoms with E-state index in [9.17, 15) is 4.79 Å². The maximum atomic E-state index is 12.6. The van der Waals surface area contributed by atoms with Gasteiger partial charge in [0, 0.05) is 0 Å². The summed E-state index contributed by atoms with van der Waals surface area (Å²) in [4.78, 5) is 18.8. The topological polar surface area (TPSA) is 59.3 Å². The van der Waals surface area contributed by atoms with E-state index in [0.29, 0.717) is 0 Å². The molecule has 1 N–H and O–H groups in total. The smallest absolute Gasteiger partial charge is 0.262 e. The summed E-state index contributed by atoms with van der Waals surface area (Å²) >= 11 is 3.06. The van der Waals surface area contributed by atoms with Gasteiger partial charge in [0.2, 0.25) is 4.96 Å². The Labute approximate surface area is 136 Å². The highest BCUT2D eigenvalue weighted by molar-refractivity contribution is 7.14. The summed E-state index contributed by atoms with van der Waals surface area (Å²) in [6.45, 7) is 1.96. The molecule has 0 aromatic carbocycles. The summed E-state index contributed by atoms with van der Waals surface area (Å²) in [6, 6.07) is -0.122. The van der Waals surface area contributed by atoms with Crippen molar-refractivity contribution in [3.8, 4) is 0 Å². The molecule has 3 aromatic heterocycles. The van der Waals surface area contributed by atoms with E-state index < -0.39 is 0 Å². The van der Waals surface area contributed by atoms with Gasteiger partial charge in [0.1, 0.15) is 5.51 Å². The van der Waals surface area contributed by atoms with E-state index in [4.69, 9.17) is 0 Å². The van der Waals surface area contributed by atoms with Crippen LogP contribution >= 0.6 is 22.7 Å². The maximum Gasteiger partial charge on any atom is 0.262 e. The first-order valence-electron chi connectivity index (χ1n) is 7.41. The Morgan fingerprint density at radius 3 is 3.09 bits per heavy atom. The molecule has 1 atom stereocenters. The minimum absolute atomic E-state index is 0.0185. The van der Waals surface area contributed by atoms with Crippen molar-refractivity contribution < 1.29 is 4.79 Å². The number of thiophene rings is 1. The lowest BCUT2D eigenvalue weighted by Gasteiger charge is -2.14. The van der Waals surface area contributed by atoms with Crippen molar-refractivity contribution in [2.45, 2.75) is 38.6 Å². The van der Waals surface area contributed by atoms with Crippen molar-refractivity contribution in [3.63, 3.8) is 0 Å². The summed E-state index contributed by atoms with van der Waals surface area (Å²) in [7, 11) is 0. The van der Waals surface area contributed by atoms with Gasteiger partial charge in [0.15, 0.2) is 0 Å². The van der Waals surface area contributed by atoms with Gasteiger partial charge in [-0.25, -0.2) is 9.50 Å². The predicted molar refractivity (Wildman–Crippen MR) is 87.7 cm³/mol. The second-order valence-corrected chi connectivity index (χ2v) is 7.29. The van der Waals surface area contributed by atoms with Gasteiger partial charge in [-0.15, -0.1) is 11.3 Å². The number of fused-ring (bicyclic) bond motifs is 2. The average molecular weight is 332 g/mol. The summed E-state index contributed by atoms with van der Waals surface area (Å²) in [5.41, 5.74) is 5.22. The van der Waals surface area contributed by atoms with Gasteiger partial charge in [-0.2, -0.15) is 5.10 Å². The van der Waals surface area contributed by atoms with Crippen molar-refractivity contribution in [3.05, 3.63) is 38.8 Å². The molecule has 5 nitrogen and oxygen atoms in total. The van der Waals surface area contributed by atoms with Crippen LogP contribution in [0.15, 0.2) is 17.1 Å². The summed E-state index contributed by atoms with van der Waals surface area (Å²) in [5, 5.41) is 9.39. The molecule has 7 heteroatoms. The number of nitrogens with one attached hydrogen (secondary N) is 1. The second kappa shape index (κ2) is 5.48. The van der Waals surface area contributed by atoms with Crippen LogP contribution < -0.4 is 5.32 Å². The van der Waals surface area contributed by atoms with Crippen molar-refractivity contribution >= 4 is 33.5 Å². The third-order valence-electron chi connectivity index (χ3n) is 4.11. The van der Waals surface area contributed by atoms with Crippen LogP contribution in [0, 0.1) is 0 Å². The highest BCUT2D eigenvalue weighted by Crippen LogP contribution is 2.30. The Morgan fingerprint density at radius 1 is 1.36 bits per heavy atom. The quantitative estimate of drug-likeness (QED) is 0.801. The van der Waals surface area contributed by atoms with Crippen molar-refractivity contribution in [1.29, 1.82) is 0 Å². The zero-order valence-corrected chi connectivity index (χ0v) is 13.8. The number of aromatic nitrogens is 3. The molecular weight excluding hydrogens is 316 g/mol. The van der Waals surface area contributed by atoms with Crippen LogP contribution in [-0.4, -0.2) is 20.5 Å². The average Bonchev–Trinajstić information content (AvgIpc) is 3.20. The van der Waals surface area contributed by atoms with Gasteiger partial charge < -0.3 is 5.32 Å². The molecule has 1 amide bonds. The molecule has 1 aliphatic carbocycles. The Morgan fingerprint density at radius 2 is 2.23 bits per heavy atom. The molecule has 0 saturated carbocycles. The van der Waals surface area contributed by atoms with Gasteiger partial charge in [-0.3, -0.25) is 4.79 Å². The molecule has 0 radical (unpaired) electrons. The molecule has 0 saturated heterocycles. The van der Waals surface area contributed by atoms with Gasteiger partial charge >= 0.3 is 0 Å². The van der Waals surface area contributed by atoms with E-state index >= 15 is 0 Å². The largest absolute Gasteiger partial charge is 0.343 e. The van der Waals surface area contributed by atoms with Crippen LogP contribution in [0.3, 0.4) is 0 Å². The third kappa shape index (κ3) is 2.34. The summed E-state index contributed by atoms with van der Waals surface area (Å²) < 4.78 is 1.75. The van der Waals surface area contributed by atoms with Crippen LogP contribution in [0.2, 0.25) is 0 Å². The molecule has 0 spiro atoms. The van der Waals surface area contributed by atoms with Crippen LogP contribution in [0.5, 0.6) is 0 Å².